The third kappa shape index (κ3) is 1.84. The van der Waals surface area contributed by atoms with E-state index in [1.807, 2.05) is 13.8 Å². The largest absolute Gasteiger partial charge is 0.383 e. The molecule has 4 heteroatoms. The van der Waals surface area contributed by atoms with Gasteiger partial charge in [-0.25, -0.2) is 0 Å². The molecule has 1 fully saturated rings. The van der Waals surface area contributed by atoms with Gasteiger partial charge in [0.25, 0.3) is 5.79 Å². The van der Waals surface area contributed by atoms with Crippen LogP contribution in [-0.2, 0) is 9.57 Å². The zero-order valence-electron chi connectivity index (χ0n) is 10.2. The van der Waals surface area contributed by atoms with Crippen LogP contribution in [0.2, 0.25) is 0 Å². The van der Waals surface area contributed by atoms with E-state index in [0.29, 0.717) is 13.0 Å². The van der Waals surface area contributed by atoms with Crippen LogP contribution >= 0.6 is 0 Å². The van der Waals surface area contributed by atoms with Gasteiger partial charge in [-0.1, -0.05) is 24.4 Å². The minimum Gasteiger partial charge on any atom is -0.383 e. The van der Waals surface area contributed by atoms with Crippen molar-refractivity contribution in [2.45, 2.75) is 63.8 Å². The second-order valence-corrected chi connectivity index (χ2v) is 4.87. The Morgan fingerprint density at radius 1 is 1.38 bits per heavy atom. The number of hydrogen-bond donors (Lipinski definition) is 1. The molecule has 0 aromatic rings. The van der Waals surface area contributed by atoms with Crippen molar-refractivity contribution < 1.29 is 14.7 Å². The van der Waals surface area contributed by atoms with Crippen LogP contribution in [-0.4, -0.2) is 28.8 Å². The Labute approximate surface area is 96.6 Å². The molecule has 4 nitrogen and oxygen atoms in total. The Kier molecular flexibility index (Phi) is 3.22. The van der Waals surface area contributed by atoms with E-state index in [9.17, 15) is 5.11 Å². The lowest BCUT2D eigenvalue weighted by Crippen LogP contribution is -2.57. The van der Waals surface area contributed by atoms with Crippen LogP contribution in [0.15, 0.2) is 5.16 Å². The summed E-state index contributed by atoms with van der Waals surface area (Å²) >= 11 is 0. The standard InChI is InChI=1S/C12H21NO3/c1-3-15-12(9-10(2)13-16-12)11(14)7-5-4-6-8-11/h14H,3-9H2,1-2H3. The number of oxime groups is 1. The molecule has 0 aromatic carbocycles. The maximum absolute atomic E-state index is 10.7. The first kappa shape index (κ1) is 11.9. The molecule has 1 N–H and O–H groups in total. The molecule has 92 valence electrons. The monoisotopic (exact) mass is 227 g/mol. The lowest BCUT2D eigenvalue weighted by atomic mass is 9.77. The Morgan fingerprint density at radius 3 is 2.56 bits per heavy atom. The molecule has 16 heavy (non-hydrogen) atoms. The molecule has 1 saturated carbocycles. The predicted molar refractivity (Wildman–Crippen MR) is 61.2 cm³/mol. The number of nitrogens with zero attached hydrogens (tertiary/aromatic N) is 1. The topological polar surface area (TPSA) is 51.0 Å². The van der Waals surface area contributed by atoms with Gasteiger partial charge < -0.3 is 14.7 Å². The summed E-state index contributed by atoms with van der Waals surface area (Å²) in [5.41, 5.74) is 0.0233. The Bertz CT molecular complexity index is 284. The molecule has 1 heterocycles. The van der Waals surface area contributed by atoms with Crippen molar-refractivity contribution in [2.24, 2.45) is 5.16 Å². The van der Waals surface area contributed by atoms with Gasteiger partial charge in [-0.05, 0) is 26.7 Å². The highest BCUT2D eigenvalue weighted by Crippen LogP contribution is 2.44. The fraction of sp³-hybridized carbons (Fsp3) is 0.917. The summed E-state index contributed by atoms with van der Waals surface area (Å²) in [7, 11) is 0. The number of ether oxygens (including phenoxy) is 1. The fourth-order valence-electron chi connectivity index (χ4n) is 2.76. The molecule has 1 aliphatic heterocycles. The van der Waals surface area contributed by atoms with Gasteiger partial charge >= 0.3 is 0 Å². The zero-order valence-corrected chi connectivity index (χ0v) is 10.2. The molecule has 2 rings (SSSR count). The van der Waals surface area contributed by atoms with Gasteiger partial charge in [-0.3, -0.25) is 0 Å². The molecule has 0 spiro atoms. The lowest BCUT2D eigenvalue weighted by Gasteiger charge is -2.43. The third-order valence-electron chi connectivity index (χ3n) is 3.60. The molecule has 1 unspecified atom stereocenters. The van der Waals surface area contributed by atoms with Gasteiger partial charge in [0.1, 0.15) is 5.60 Å². The van der Waals surface area contributed by atoms with Crippen molar-refractivity contribution in [3.05, 3.63) is 0 Å². The summed E-state index contributed by atoms with van der Waals surface area (Å²) in [5.74, 6) is -0.924. The van der Waals surface area contributed by atoms with Gasteiger partial charge in [0.15, 0.2) is 0 Å². The number of aliphatic hydroxyl groups is 1. The average molecular weight is 227 g/mol. The average Bonchev–Trinajstić information content (AvgIpc) is 2.63. The molecular formula is C12H21NO3. The first-order chi connectivity index (χ1) is 7.62. The quantitative estimate of drug-likeness (QED) is 0.804. The first-order valence-corrected chi connectivity index (χ1v) is 6.20. The van der Waals surface area contributed by atoms with E-state index in [0.717, 1.165) is 31.4 Å². The van der Waals surface area contributed by atoms with Crippen molar-refractivity contribution in [2.75, 3.05) is 6.61 Å². The van der Waals surface area contributed by atoms with Gasteiger partial charge in [0.05, 0.1) is 12.1 Å². The van der Waals surface area contributed by atoms with E-state index in [2.05, 4.69) is 5.16 Å². The maximum atomic E-state index is 10.7. The highest BCUT2D eigenvalue weighted by molar-refractivity contribution is 5.83. The van der Waals surface area contributed by atoms with E-state index < -0.39 is 11.4 Å². The summed E-state index contributed by atoms with van der Waals surface area (Å²) in [6, 6.07) is 0. The molecule has 1 atom stereocenters. The molecule has 2 aliphatic rings. The Balaban J connectivity index is 2.18. The van der Waals surface area contributed by atoms with Crippen LogP contribution in [0.4, 0.5) is 0 Å². The number of hydrogen-bond acceptors (Lipinski definition) is 4. The second-order valence-electron chi connectivity index (χ2n) is 4.87. The van der Waals surface area contributed by atoms with Crippen LogP contribution < -0.4 is 0 Å². The molecule has 1 aliphatic carbocycles. The van der Waals surface area contributed by atoms with E-state index >= 15 is 0 Å². The van der Waals surface area contributed by atoms with Gasteiger partial charge in [0.2, 0.25) is 0 Å². The molecular weight excluding hydrogens is 206 g/mol. The van der Waals surface area contributed by atoms with Gasteiger partial charge in [-0.2, -0.15) is 0 Å². The summed E-state index contributed by atoms with van der Waals surface area (Å²) in [5, 5.41) is 14.7. The van der Waals surface area contributed by atoms with E-state index in [1.165, 1.54) is 6.42 Å². The normalized spacial score (nSPS) is 33.3. The first-order valence-electron chi connectivity index (χ1n) is 6.20. The molecule has 0 aromatic heterocycles. The van der Waals surface area contributed by atoms with Crippen molar-refractivity contribution in [3.63, 3.8) is 0 Å². The Hall–Kier alpha value is -0.610. The minimum atomic E-state index is -0.924. The fourth-order valence-corrected chi connectivity index (χ4v) is 2.76. The predicted octanol–water partition coefficient (Wildman–Crippen LogP) is 2.21. The van der Waals surface area contributed by atoms with Crippen LogP contribution in [0, 0.1) is 0 Å². The van der Waals surface area contributed by atoms with E-state index in [1.54, 1.807) is 0 Å². The van der Waals surface area contributed by atoms with Crippen molar-refractivity contribution in [3.8, 4) is 0 Å². The highest BCUT2D eigenvalue weighted by atomic mass is 16.8. The lowest BCUT2D eigenvalue weighted by molar-refractivity contribution is -0.315. The van der Waals surface area contributed by atoms with Crippen LogP contribution in [0.3, 0.4) is 0 Å². The summed E-state index contributed by atoms with van der Waals surface area (Å²) < 4.78 is 5.72. The Morgan fingerprint density at radius 2 is 2.06 bits per heavy atom. The molecule has 0 radical (unpaired) electrons. The summed E-state index contributed by atoms with van der Waals surface area (Å²) in [4.78, 5) is 5.45. The smallest absolute Gasteiger partial charge is 0.271 e. The SMILES string of the molecule is CCOC1(C2(O)CCCCC2)CC(C)=NO1. The van der Waals surface area contributed by atoms with Crippen molar-refractivity contribution >= 4 is 5.71 Å². The van der Waals surface area contributed by atoms with Gasteiger partial charge in [-0.15, -0.1) is 0 Å². The third-order valence-corrected chi connectivity index (χ3v) is 3.60. The highest BCUT2D eigenvalue weighted by Gasteiger charge is 2.57. The molecule has 0 bridgehead atoms. The van der Waals surface area contributed by atoms with Crippen molar-refractivity contribution in [1.29, 1.82) is 0 Å². The van der Waals surface area contributed by atoms with E-state index in [-0.39, 0.29) is 0 Å². The van der Waals surface area contributed by atoms with Gasteiger partial charge in [0, 0.05) is 6.61 Å². The second kappa shape index (κ2) is 4.34. The van der Waals surface area contributed by atoms with Crippen LogP contribution in [0.1, 0.15) is 52.4 Å². The molecule has 0 saturated heterocycles. The minimum absolute atomic E-state index is 0.533. The zero-order chi connectivity index (χ0) is 11.6. The van der Waals surface area contributed by atoms with Crippen molar-refractivity contribution in [1.82, 2.24) is 0 Å². The maximum Gasteiger partial charge on any atom is 0.271 e. The summed E-state index contributed by atoms with van der Waals surface area (Å²) in [6.07, 6.45) is 5.33. The van der Waals surface area contributed by atoms with E-state index in [4.69, 9.17) is 9.57 Å². The molecule has 0 amide bonds. The summed E-state index contributed by atoms with van der Waals surface area (Å²) in [6.45, 7) is 4.36. The number of rotatable bonds is 3. The van der Waals surface area contributed by atoms with Crippen LogP contribution in [0.5, 0.6) is 0 Å². The van der Waals surface area contributed by atoms with Crippen LogP contribution in [0.25, 0.3) is 0 Å².